The number of anilines is 2. The Morgan fingerprint density at radius 1 is 1.13 bits per heavy atom. The molecule has 1 N–H and O–H groups in total. The molecular formula is C22H23BrF3N3O. The zero-order valence-corrected chi connectivity index (χ0v) is 18.0. The van der Waals surface area contributed by atoms with Crippen molar-refractivity contribution in [1.29, 1.82) is 0 Å². The van der Waals surface area contributed by atoms with E-state index in [-0.39, 0.29) is 16.1 Å². The van der Waals surface area contributed by atoms with Crippen molar-refractivity contribution in [3.05, 3.63) is 53.9 Å². The molecule has 0 unspecified atom stereocenters. The number of hydrogen-bond donors (Lipinski definition) is 1. The molecule has 1 aliphatic heterocycles. The lowest BCUT2D eigenvalue weighted by Crippen LogP contribution is -2.55. The number of hydrogen-bond acceptors (Lipinski definition) is 3. The molecule has 0 radical (unpaired) electrons. The molecule has 2 aliphatic rings. The summed E-state index contributed by atoms with van der Waals surface area (Å²) in [5, 5.41) is 2.72. The number of amides is 1. The van der Waals surface area contributed by atoms with Crippen LogP contribution in [0.2, 0.25) is 0 Å². The first-order valence-corrected chi connectivity index (χ1v) is 11.0. The Morgan fingerprint density at radius 3 is 2.60 bits per heavy atom. The number of carbonyl (C=O) groups is 1. The number of piperidine rings is 1. The summed E-state index contributed by atoms with van der Waals surface area (Å²) < 4.78 is 40.1. The summed E-state index contributed by atoms with van der Waals surface area (Å²) >= 11 is 3.95. The Bertz CT molecular complexity index is 918. The molecule has 4 nitrogen and oxygen atoms in total. The summed E-state index contributed by atoms with van der Waals surface area (Å²) in [5.41, 5.74) is 0.399. The topological polar surface area (TPSA) is 45.2 Å². The fourth-order valence-electron chi connectivity index (χ4n) is 4.66. The summed E-state index contributed by atoms with van der Waals surface area (Å²) in [6.07, 6.45) is 4.73. The number of pyridine rings is 1. The predicted molar refractivity (Wildman–Crippen MR) is 114 cm³/mol. The Balaban J connectivity index is 1.72. The smallest absolute Gasteiger partial charge is 0.365 e. The lowest BCUT2D eigenvalue weighted by Gasteiger charge is -2.51. The van der Waals surface area contributed by atoms with Crippen LogP contribution < -0.4 is 10.2 Å². The first kappa shape index (κ1) is 21.2. The third-order valence-corrected chi connectivity index (χ3v) is 7.43. The van der Waals surface area contributed by atoms with Gasteiger partial charge in [0.2, 0.25) is 0 Å². The van der Waals surface area contributed by atoms with E-state index in [4.69, 9.17) is 0 Å². The maximum Gasteiger partial charge on any atom is 0.416 e. The lowest BCUT2D eigenvalue weighted by atomic mass is 9.77. The lowest BCUT2D eigenvalue weighted by molar-refractivity contribution is -0.137. The number of nitrogens with one attached hydrogen (secondary N) is 1. The van der Waals surface area contributed by atoms with Crippen LogP contribution in [-0.4, -0.2) is 27.8 Å². The Kier molecular flexibility index (Phi) is 5.79. The van der Waals surface area contributed by atoms with Gasteiger partial charge in [-0.15, -0.1) is 0 Å². The van der Waals surface area contributed by atoms with Gasteiger partial charge in [0, 0.05) is 34.9 Å². The zero-order valence-electron chi connectivity index (χ0n) is 16.4. The number of nitrogens with zero attached hydrogens (tertiary/aromatic N) is 2. The first-order valence-electron chi connectivity index (χ1n) is 10.2. The van der Waals surface area contributed by atoms with E-state index in [1.165, 1.54) is 30.6 Å². The highest BCUT2D eigenvalue weighted by molar-refractivity contribution is 9.10. The van der Waals surface area contributed by atoms with Crippen molar-refractivity contribution < 1.29 is 18.0 Å². The van der Waals surface area contributed by atoms with Crippen LogP contribution in [0.1, 0.15) is 54.4 Å². The van der Waals surface area contributed by atoms with Crippen LogP contribution in [0.25, 0.3) is 0 Å². The van der Waals surface area contributed by atoms with Crippen molar-refractivity contribution in [2.24, 2.45) is 0 Å². The molecule has 1 aromatic heterocycles. The minimum atomic E-state index is -4.49. The van der Waals surface area contributed by atoms with Gasteiger partial charge in [-0.05, 0) is 56.0 Å². The molecule has 0 bridgehead atoms. The van der Waals surface area contributed by atoms with Crippen LogP contribution in [-0.2, 0) is 6.18 Å². The molecule has 1 aromatic carbocycles. The molecule has 1 saturated heterocycles. The molecule has 1 amide bonds. The highest BCUT2D eigenvalue weighted by atomic mass is 79.9. The van der Waals surface area contributed by atoms with E-state index in [9.17, 15) is 18.0 Å². The second-order valence-electron chi connectivity index (χ2n) is 8.01. The number of rotatable bonds is 3. The Morgan fingerprint density at radius 2 is 1.87 bits per heavy atom. The average molecular weight is 482 g/mol. The molecule has 2 fully saturated rings. The number of benzene rings is 1. The second kappa shape index (κ2) is 8.21. The van der Waals surface area contributed by atoms with E-state index < -0.39 is 17.6 Å². The Labute approximate surface area is 182 Å². The molecule has 4 rings (SSSR count). The fraction of sp³-hybridized carbons (Fsp3) is 0.455. The molecule has 2 atom stereocenters. The van der Waals surface area contributed by atoms with Crippen molar-refractivity contribution in [2.75, 3.05) is 16.8 Å². The highest BCUT2D eigenvalue weighted by Gasteiger charge is 2.45. The number of alkyl halides is 4. The van der Waals surface area contributed by atoms with Crippen LogP contribution in [0.5, 0.6) is 0 Å². The van der Waals surface area contributed by atoms with Gasteiger partial charge in [0.1, 0.15) is 0 Å². The summed E-state index contributed by atoms with van der Waals surface area (Å²) in [7, 11) is 0. The minimum Gasteiger partial charge on any atom is -0.365 e. The summed E-state index contributed by atoms with van der Waals surface area (Å²) in [6.45, 7) is 0.751. The van der Waals surface area contributed by atoms with Crippen molar-refractivity contribution >= 4 is 33.2 Å². The number of halogens is 4. The van der Waals surface area contributed by atoms with Crippen molar-refractivity contribution in [3.8, 4) is 0 Å². The highest BCUT2D eigenvalue weighted by Crippen LogP contribution is 2.48. The van der Waals surface area contributed by atoms with Crippen molar-refractivity contribution in [2.45, 2.75) is 55.1 Å². The Hall–Kier alpha value is -2.09. The maximum atomic E-state index is 13.4. The van der Waals surface area contributed by atoms with Crippen LogP contribution in [0, 0.1) is 0 Å². The second-order valence-corrected chi connectivity index (χ2v) is 9.59. The van der Waals surface area contributed by atoms with E-state index in [1.807, 2.05) is 0 Å². The van der Waals surface area contributed by atoms with Crippen LogP contribution in [0.15, 0.2) is 42.7 Å². The van der Waals surface area contributed by atoms with E-state index in [0.29, 0.717) is 11.3 Å². The van der Waals surface area contributed by atoms with E-state index in [0.717, 1.165) is 57.2 Å². The zero-order chi connectivity index (χ0) is 21.4. The molecule has 2 aromatic rings. The van der Waals surface area contributed by atoms with Gasteiger partial charge < -0.3 is 10.2 Å². The van der Waals surface area contributed by atoms with Gasteiger partial charge in [-0.2, -0.15) is 13.2 Å². The number of aromatic nitrogens is 1. The molecule has 1 aliphatic carbocycles. The summed E-state index contributed by atoms with van der Waals surface area (Å²) in [6, 6.07) is 6.90. The van der Waals surface area contributed by atoms with Crippen LogP contribution >= 0.6 is 15.9 Å². The van der Waals surface area contributed by atoms with E-state index in [1.54, 1.807) is 0 Å². The van der Waals surface area contributed by atoms with Gasteiger partial charge in [0.05, 0.1) is 16.9 Å². The molecular weight excluding hydrogens is 459 g/mol. The van der Waals surface area contributed by atoms with Gasteiger partial charge in [-0.25, -0.2) is 0 Å². The van der Waals surface area contributed by atoms with Gasteiger partial charge >= 0.3 is 6.18 Å². The third-order valence-electron chi connectivity index (χ3n) is 6.11. The summed E-state index contributed by atoms with van der Waals surface area (Å²) in [4.78, 5) is 18.8. The quantitative estimate of drug-likeness (QED) is 0.544. The predicted octanol–water partition coefficient (Wildman–Crippen LogP) is 6.03. The fourth-order valence-corrected chi connectivity index (χ4v) is 5.69. The van der Waals surface area contributed by atoms with E-state index >= 15 is 0 Å². The molecule has 30 heavy (non-hydrogen) atoms. The third kappa shape index (κ3) is 4.19. The monoisotopic (exact) mass is 481 g/mol. The van der Waals surface area contributed by atoms with Crippen molar-refractivity contribution in [1.82, 2.24) is 4.98 Å². The standard InChI is InChI=1S/C22H23BrF3N3O/c23-21-9-2-1-4-19(21)29(13-3-10-21)18-6-5-16(22(24,25)26)14-17(18)28-20(30)15-7-11-27-12-8-15/h5-8,11-12,14,19H,1-4,9-10,13H2,(H,28,30)/t19-,21-/m0/s1. The maximum absolute atomic E-state index is 13.4. The van der Waals surface area contributed by atoms with Gasteiger partial charge in [-0.1, -0.05) is 28.8 Å². The van der Waals surface area contributed by atoms with Gasteiger partial charge in [0.15, 0.2) is 0 Å². The molecule has 1 saturated carbocycles. The number of fused-ring (bicyclic) bond motifs is 1. The number of carbonyl (C=O) groups excluding carboxylic acids is 1. The van der Waals surface area contributed by atoms with Gasteiger partial charge in [0.25, 0.3) is 5.91 Å². The largest absolute Gasteiger partial charge is 0.416 e. The van der Waals surface area contributed by atoms with Crippen LogP contribution in [0.3, 0.4) is 0 Å². The molecule has 2 heterocycles. The van der Waals surface area contributed by atoms with Crippen LogP contribution in [0.4, 0.5) is 24.5 Å². The molecule has 160 valence electrons. The van der Waals surface area contributed by atoms with Crippen molar-refractivity contribution in [3.63, 3.8) is 0 Å². The normalized spacial score (nSPS) is 24.3. The average Bonchev–Trinajstić information content (AvgIpc) is 2.73. The van der Waals surface area contributed by atoms with Gasteiger partial charge in [-0.3, -0.25) is 9.78 Å². The first-order chi connectivity index (χ1) is 14.3. The molecule has 8 heteroatoms. The van der Waals surface area contributed by atoms with E-state index in [2.05, 4.69) is 31.1 Å². The molecule has 0 spiro atoms. The summed E-state index contributed by atoms with van der Waals surface area (Å²) in [5.74, 6) is -0.455. The minimum absolute atomic E-state index is 0.0292. The SMILES string of the molecule is O=C(Nc1cc(C(F)(F)F)ccc1N1CCC[C@@]2(Br)CCCC[C@H]12)c1ccncc1.